The number of hydrogen-bond acceptors (Lipinski definition) is 5. The fourth-order valence-electron chi connectivity index (χ4n) is 4.12. The Balaban J connectivity index is 1.79. The Labute approximate surface area is 209 Å². The lowest BCUT2D eigenvalue weighted by molar-refractivity contribution is -0.140. The number of pyridine rings is 1. The lowest BCUT2D eigenvalue weighted by atomic mass is 9.94. The summed E-state index contributed by atoms with van der Waals surface area (Å²) in [6.07, 6.45) is 3.30. The molecule has 1 aliphatic rings. The van der Waals surface area contributed by atoms with E-state index in [0.29, 0.717) is 34.4 Å². The van der Waals surface area contributed by atoms with Gasteiger partial charge in [0.25, 0.3) is 11.7 Å². The van der Waals surface area contributed by atoms with Crippen molar-refractivity contribution in [2.75, 3.05) is 6.61 Å². The molecule has 1 aromatic heterocycles. The number of nitrogens with zero attached hydrogens (tertiary/aromatic N) is 2. The monoisotopic (exact) mass is 490 g/mol. The number of amides is 1. The minimum absolute atomic E-state index is 0.0418. The van der Waals surface area contributed by atoms with E-state index in [1.54, 1.807) is 54.9 Å². The lowest BCUT2D eigenvalue weighted by Gasteiger charge is -2.25. The van der Waals surface area contributed by atoms with E-state index in [2.05, 4.69) is 18.8 Å². The molecule has 0 spiro atoms. The highest BCUT2D eigenvalue weighted by Gasteiger charge is 2.46. The van der Waals surface area contributed by atoms with Crippen molar-refractivity contribution >= 4 is 29.1 Å². The molecule has 7 heteroatoms. The van der Waals surface area contributed by atoms with Gasteiger partial charge in [0.05, 0.1) is 18.2 Å². The van der Waals surface area contributed by atoms with Gasteiger partial charge in [0, 0.05) is 29.5 Å². The maximum Gasteiger partial charge on any atom is 0.295 e. The average molecular weight is 491 g/mol. The molecule has 35 heavy (non-hydrogen) atoms. The van der Waals surface area contributed by atoms with E-state index < -0.39 is 17.7 Å². The molecule has 0 bridgehead atoms. The van der Waals surface area contributed by atoms with Crippen molar-refractivity contribution in [1.82, 2.24) is 9.88 Å². The number of likely N-dealkylation sites (tertiary alicyclic amines) is 1. The molecule has 1 N–H and O–H groups in total. The molecule has 1 fully saturated rings. The molecule has 4 rings (SSSR count). The van der Waals surface area contributed by atoms with Crippen LogP contribution in [0.4, 0.5) is 0 Å². The lowest BCUT2D eigenvalue weighted by Crippen LogP contribution is -2.29. The molecule has 0 radical (unpaired) electrons. The summed E-state index contributed by atoms with van der Waals surface area (Å²) in [5.74, 6) is -0.571. The van der Waals surface area contributed by atoms with Crippen LogP contribution in [0.3, 0.4) is 0 Å². The van der Waals surface area contributed by atoms with Crippen LogP contribution in [-0.2, 0) is 16.1 Å². The van der Waals surface area contributed by atoms with Gasteiger partial charge in [-0.15, -0.1) is 0 Å². The van der Waals surface area contributed by atoms with Crippen LogP contribution in [0.2, 0.25) is 5.02 Å². The third kappa shape index (κ3) is 5.23. The number of Topliss-reactive ketones (excluding diaryl/α,β-unsaturated/α-hetero) is 1. The van der Waals surface area contributed by atoms with Crippen LogP contribution >= 0.6 is 11.6 Å². The molecule has 180 valence electrons. The maximum absolute atomic E-state index is 13.3. The molecule has 0 saturated carbocycles. The van der Waals surface area contributed by atoms with Crippen molar-refractivity contribution in [2.45, 2.75) is 33.4 Å². The number of carbonyl (C=O) groups is 2. The molecule has 1 amide bonds. The first-order valence-electron chi connectivity index (χ1n) is 11.4. The van der Waals surface area contributed by atoms with Crippen LogP contribution in [-0.4, -0.2) is 33.3 Å². The number of benzene rings is 2. The van der Waals surface area contributed by atoms with Crippen molar-refractivity contribution in [3.05, 3.63) is 99.8 Å². The van der Waals surface area contributed by atoms with Crippen molar-refractivity contribution in [1.29, 1.82) is 0 Å². The minimum atomic E-state index is -0.774. The number of ketones is 1. The number of aryl methyl sites for hydroxylation is 1. The number of aliphatic hydroxyl groups is 1. The molecule has 1 unspecified atom stereocenters. The third-order valence-electron chi connectivity index (χ3n) is 5.84. The highest BCUT2D eigenvalue weighted by molar-refractivity contribution is 6.46. The van der Waals surface area contributed by atoms with E-state index in [1.165, 1.54) is 4.90 Å². The number of aromatic nitrogens is 1. The quantitative estimate of drug-likeness (QED) is 0.261. The van der Waals surface area contributed by atoms with Crippen LogP contribution < -0.4 is 4.74 Å². The zero-order valence-electron chi connectivity index (χ0n) is 19.9. The van der Waals surface area contributed by atoms with Gasteiger partial charge < -0.3 is 14.7 Å². The number of carbonyl (C=O) groups excluding carboxylic acids is 2. The van der Waals surface area contributed by atoms with Crippen molar-refractivity contribution in [2.24, 2.45) is 5.92 Å². The second-order valence-corrected chi connectivity index (χ2v) is 9.46. The van der Waals surface area contributed by atoms with Gasteiger partial charge in [-0.2, -0.15) is 0 Å². The predicted molar refractivity (Wildman–Crippen MR) is 135 cm³/mol. The molecule has 1 aliphatic heterocycles. The Morgan fingerprint density at radius 1 is 1.14 bits per heavy atom. The summed E-state index contributed by atoms with van der Waals surface area (Å²) in [4.78, 5) is 32.0. The SMILES string of the molecule is Cc1cc(OCC(C)C)ccc1/C(O)=C1\C(=O)C(=O)N(Cc2cccnc2)C1c1ccc(Cl)cc1. The van der Waals surface area contributed by atoms with Gasteiger partial charge in [0.2, 0.25) is 0 Å². The molecule has 2 heterocycles. The van der Waals surface area contributed by atoms with Gasteiger partial charge in [-0.05, 0) is 65.9 Å². The average Bonchev–Trinajstić information content (AvgIpc) is 3.08. The van der Waals surface area contributed by atoms with E-state index in [9.17, 15) is 14.7 Å². The normalized spacial score (nSPS) is 17.3. The van der Waals surface area contributed by atoms with Gasteiger partial charge in [-0.3, -0.25) is 14.6 Å². The molecule has 1 atom stereocenters. The summed E-state index contributed by atoms with van der Waals surface area (Å²) in [5, 5.41) is 11.9. The summed E-state index contributed by atoms with van der Waals surface area (Å²) < 4.78 is 5.79. The van der Waals surface area contributed by atoms with Crippen molar-refractivity contribution < 1.29 is 19.4 Å². The Morgan fingerprint density at radius 3 is 2.51 bits per heavy atom. The first-order chi connectivity index (χ1) is 16.8. The molecule has 1 saturated heterocycles. The smallest absolute Gasteiger partial charge is 0.295 e. The highest BCUT2D eigenvalue weighted by atomic mass is 35.5. The van der Waals surface area contributed by atoms with Crippen molar-refractivity contribution in [3.8, 4) is 5.75 Å². The second-order valence-electron chi connectivity index (χ2n) is 9.02. The number of aliphatic hydroxyl groups excluding tert-OH is 1. The number of hydrogen-bond donors (Lipinski definition) is 1. The standard InChI is InChI=1S/C28H27ClN2O4/c1-17(2)16-35-22-10-11-23(18(3)13-22)26(32)24-25(20-6-8-21(29)9-7-20)31(28(34)27(24)33)15-19-5-4-12-30-14-19/h4-14,17,25,32H,15-16H2,1-3H3/b26-24+. The zero-order chi connectivity index (χ0) is 25.1. The zero-order valence-corrected chi connectivity index (χ0v) is 20.6. The van der Waals surface area contributed by atoms with Gasteiger partial charge >= 0.3 is 0 Å². The van der Waals surface area contributed by atoms with E-state index in [0.717, 1.165) is 11.1 Å². The Kier molecular flexibility index (Phi) is 7.22. The fraction of sp³-hybridized carbons (Fsp3) is 0.250. The van der Waals surface area contributed by atoms with E-state index in [-0.39, 0.29) is 17.9 Å². The predicted octanol–water partition coefficient (Wildman–Crippen LogP) is 5.70. The van der Waals surface area contributed by atoms with E-state index in [4.69, 9.17) is 16.3 Å². The topological polar surface area (TPSA) is 79.7 Å². The molecular formula is C28H27ClN2O4. The van der Waals surface area contributed by atoms with Gasteiger partial charge in [-0.25, -0.2) is 0 Å². The van der Waals surface area contributed by atoms with Crippen LogP contribution in [0.5, 0.6) is 5.75 Å². The Hall–Kier alpha value is -3.64. The molecule has 6 nitrogen and oxygen atoms in total. The third-order valence-corrected chi connectivity index (χ3v) is 6.09. The van der Waals surface area contributed by atoms with Crippen LogP contribution in [0.15, 0.2) is 72.6 Å². The second kappa shape index (κ2) is 10.3. The molecule has 3 aromatic rings. The molecule has 0 aliphatic carbocycles. The van der Waals surface area contributed by atoms with Crippen molar-refractivity contribution in [3.63, 3.8) is 0 Å². The van der Waals surface area contributed by atoms with E-state index in [1.807, 2.05) is 19.1 Å². The van der Waals surface area contributed by atoms with Crippen LogP contribution in [0.1, 0.15) is 42.1 Å². The summed E-state index contributed by atoms with van der Waals surface area (Å²) in [7, 11) is 0. The van der Waals surface area contributed by atoms with Crippen LogP contribution in [0.25, 0.3) is 5.76 Å². The summed E-state index contributed by atoms with van der Waals surface area (Å²) >= 11 is 6.09. The Morgan fingerprint density at radius 2 is 1.89 bits per heavy atom. The molecule has 2 aromatic carbocycles. The van der Waals surface area contributed by atoms with Gasteiger partial charge in [-0.1, -0.05) is 43.6 Å². The minimum Gasteiger partial charge on any atom is -0.507 e. The molecular weight excluding hydrogens is 464 g/mol. The summed E-state index contributed by atoms with van der Waals surface area (Å²) in [6.45, 7) is 6.70. The first-order valence-corrected chi connectivity index (χ1v) is 11.8. The number of rotatable bonds is 7. The first kappa shape index (κ1) is 24.5. The summed E-state index contributed by atoms with van der Waals surface area (Å²) in [5.41, 5.74) is 2.70. The highest BCUT2D eigenvalue weighted by Crippen LogP contribution is 2.41. The van der Waals surface area contributed by atoms with Gasteiger partial charge in [0.1, 0.15) is 11.5 Å². The largest absolute Gasteiger partial charge is 0.507 e. The van der Waals surface area contributed by atoms with Crippen LogP contribution in [0, 0.1) is 12.8 Å². The Bertz CT molecular complexity index is 1270. The number of halogens is 1. The summed E-state index contributed by atoms with van der Waals surface area (Å²) in [6, 6.07) is 15.1. The maximum atomic E-state index is 13.3. The van der Waals surface area contributed by atoms with Gasteiger partial charge in [0.15, 0.2) is 0 Å². The van der Waals surface area contributed by atoms with E-state index >= 15 is 0 Å². The number of ether oxygens (including phenoxy) is 1. The fourth-order valence-corrected chi connectivity index (χ4v) is 4.25.